The van der Waals surface area contributed by atoms with E-state index in [0.29, 0.717) is 23.4 Å². The summed E-state index contributed by atoms with van der Waals surface area (Å²) in [6, 6.07) is 64.0. The van der Waals surface area contributed by atoms with Gasteiger partial charge in [0, 0.05) is 62.6 Å². The van der Waals surface area contributed by atoms with Crippen molar-refractivity contribution in [3.05, 3.63) is 182 Å². The van der Waals surface area contributed by atoms with Gasteiger partial charge in [0.15, 0.2) is 23.1 Å². The molecule has 4 heterocycles. The van der Waals surface area contributed by atoms with Crippen LogP contribution >= 0.6 is 22.7 Å². The summed E-state index contributed by atoms with van der Waals surface area (Å²) in [5, 5.41) is 9.44. The highest BCUT2D eigenvalue weighted by Crippen LogP contribution is 2.43. The smallest absolute Gasteiger partial charge is 0.227 e. The first-order valence-corrected chi connectivity index (χ1v) is 21.8. The highest BCUT2D eigenvalue weighted by molar-refractivity contribution is 7.26. The molecule has 0 atom stereocenters. The summed E-state index contributed by atoms with van der Waals surface area (Å²) < 4.78 is 11.5. The Morgan fingerprint density at radius 2 is 0.967 bits per heavy atom. The van der Waals surface area contributed by atoms with Crippen molar-refractivity contribution in [3.8, 4) is 56.7 Å². The summed E-state index contributed by atoms with van der Waals surface area (Å²) in [5.74, 6) is 2.55. The molecule has 0 saturated carbocycles. The molecule has 0 spiro atoms. The second-order valence-electron chi connectivity index (χ2n) is 15.4. The van der Waals surface area contributed by atoms with Gasteiger partial charge in [0.25, 0.3) is 0 Å². The Balaban J connectivity index is 0.908. The maximum atomic E-state index is 6.65. The van der Waals surface area contributed by atoms with Crippen molar-refractivity contribution in [2.45, 2.75) is 0 Å². The van der Waals surface area contributed by atoms with E-state index in [9.17, 15) is 0 Å². The molecule has 4 aromatic heterocycles. The maximum absolute atomic E-state index is 6.65. The molecule has 0 bridgehead atoms. The first-order valence-electron chi connectivity index (χ1n) is 20.2. The zero-order valence-electron chi connectivity index (χ0n) is 32.3. The van der Waals surface area contributed by atoms with Gasteiger partial charge >= 0.3 is 0 Å². The molecule has 0 aliphatic carbocycles. The van der Waals surface area contributed by atoms with Crippen molar-refractivity contribution in [3.63, 3.8) is 0 Å². The van der Waals surface area contributed by atoms with Gasteiger partial charge in [0.05, 0.1) is 0 Å². The molecule has 13 rings (SSSR count). The number of nitrogens with zero attached hydrogens (tertiary/aromatic N) is 4. The molecular formula is C54H30N4OS2. The lowest BCUT2D eigenvalue weighted by atomic mass is 9.96. The molecule has 0 saturated heterocycles. The highest BCUT2D eigenvalue weighted by atomic mass is 32.1. The Labute approximate surface area is 356 Å². The number of benzene rings is 9. The van der Waals surface area contributed by atoms with Crippen LogP contribution in [0.5, 0.6) is 0 Å². The van der Waals surface area contributed by atoms with Crippen molar-refractivity contribution < 1.29 is 4.42 Å². The second-order valence-corrected chi connectivity index (χ2v) is 17.5. The van der Waals surface area contributed by atoms with Crippen LogP contribution in [0.3, 0.4) is 0 Å². The van der Waals surface area contributed by atoms with Gasteiger partial charge in [0.1, 0.15) is 5.52 Å². The fraction of sp³-hybridized carbons (Fsp3) is 0. The molecule has 61 heavy (non-hydrogen) atoms. The molecule has 0 aliphatic heterocycles. The van der Waals surface area contributed by atoms with Gasteiger partial charge in [-0.3, -0.25) is 0 Å². The van der Waals surface area contributed by atoms with E-state index in [1.807, 2.05) is 18.2 Å². The van der Waals surface area contributed by atoms with Crippen molar-refractivity contribution >= 4 is 95.7 Å². The minimum absolute atomic E-state index is 0.626. The standard InChI is InChI=1S/C54H30N4OS2/c1-2-11-31(12-3-1)51-56-52(58-53(57-51)43-28-34-13-4-5-16-37(34)38-17-6-7-18-39(38)43)35-15-10-14-32(27-35)33-21-24-42-48(29-33)61-46-26-25-44-50(49(42)46)59-54(55-44)36-22-23-41-40-19-8-9-20-45(40)60-47(41)30-36/h1-30H. The summed E-state index contributed by atoms with van der Waals surface area (Å²) in [6.07, 6.45) is 0. The normalized spacial score (nSPS) is 11.9. The quantitative estimate of drug-likeness (QED) is 0.162. The Kier molecular flexibility index (Phi) is 7.58. The van der Waals surface area contributed by atoms with Crippen LogP contribution in [-0.4, -0.2) is 19.9 Å². The second kappa shape index (κ2) is 13.5. The summed E-state index contributed by atoms with van der Waals surface area (Å²) >= 11 is 3.58. The molecule has 0 aliphatic rings. The third kappa shape index (κ3) is 5.59. The third-order valence-electron chi connectivity index (χ3n) is 11.7. The van der Waals surface area contributed by atoms with Crippen LogP contribution < -0.4 is 0 Å². The average Bonchev–Trinajstić information content (AvgIpc) is 4.04. The monoisotopic (exact) mass is 814 g/mol. The fourth-order valence-corrected chi connectivity index (χ4v) is 11.1. The Morgan fingerprint density at radius 1 is 0.344 bits per heavy atom. The predicted molar refractivity (Wildman–Crippen MR) is 255 cm³/mol. The summed E-state index contributed by atoms with van der Waals surface area (Å²) in [4.78, 5) is 20.4. The van der Waals surface area contributed by atoms with Crippen LogP contribution in [0.1, 0.15) is 0 Å². The van der Waals surface area contributed by atoms with E-state index < -0.39 is 0 Å². The van der Waals surface area contributed by atoms with Gasteiger partial charge in [-0.1, -0.05) is 133 Å². The lowest BCUT2D eigenvalue weighted by molar-refractivity contribution is 0.623. The molecule has 0 fully saturated rings. The van der Waals surface area contributed by atoms with Gasteiger partial charge in [-0.25, -0.2) is 19.9 Å². The van der Waals surface area contributed by atoms with E-state index in [1.165, 1.54) is 40.3 Å². The first kappa shape index (κ1) is 34.3. The van der Waals surface area contributed by atoms with E-state index in [1.54, 1.807) is 22.7 Å². The minimum atomic E-state index is 0.626. The molecule has 5 nitrogen and oxygen atoms in total. The predicted octanol–water partition coefficient (Wildman–Crippen LogP) is 15.4. The summed E-state index contributed by atoms with van der Waals surface area (Å²) in [5.41, 5.74) is 7.70. The molecule has 9 aromatic carbocycles. The zero-order valence-corrected chi connectivity index (χ0v) is 34.0. The van der Waals surface area contributed by atoms with E-state index in [-0.39, 0.29) is 0 Å². The molecule has 0 amide bonds. The van der Waals surface area contributed by atoms with Crippen LogP contribution in [0.4, 0.5) is 0 Å². The van der Waals surface area contributed by atoms with Crippen LogP contribution in [0, 0.1) is 0 Å². The number of hydrogen-bond acceptors (Lipinski definition) is 7. The van der Waals surface area contributed by atoms with Crippen LogP contribution in [0.25, 0.3) is 130 Å². The number of rotatable bonds is 5. The minimum Gasteiger partial charge on any atom is -0.435 e. The number of hydrogen-bond donors (Lipinski definition) is 0. The van der Waals surface area contributed by atoms with Crippen molar-refractivity contribution in [1.29, 1.82) is 0 Å². The third-order valence-corrected chi connectivity index (χ3v) is 14.0. The van der Waals surface area contributed by atoms with Gasteiger partial charge in [0.2, 0.25) is 5.89 Å². The molecule has 13 aromatic rings. The number of fused-ring (bicyclic) bond motifs is 11. The van der Waals surface area contributed by atoms with Crippen molar-refractivity contribution in [2.75, 3.05) is 0 Å². The van der Waals surface area contributed by atoms with Crippen LogP contribution in [0.15, 0.2) is 186 Å². The Hall–Kier alpha value is -7.58. The lowest BCUT2D eigenvalue weighted by Gasteiger charge is -2.13. The van der Waals surface area contributed by atoms with Crippen molar-refractivity contribution in [1.82, 2.24) is 19.9 Å². The van der Waals surface area contributed by atoms with E-state index in [0.717, 1.165) is 66.0 Å². The van der Waals surface area contributed by atoms with Crippen LogP contribution in [0.2, 0.25) is 0 Å². The number of aromatic nitrogens is 4. The highest BCUT2D eigenvalue weighted by Gasteiger charge is 2.19. The molecule has 0 unspecified atom stereocenters. The lowest BCUT2D eigenvalue weighted by Crippen LogP contribution is -2.01. The van der Waals surface area contributed by atoms with E-state index >= 15 is 0 Å². The Bertz CT molecular complexity index is 3900. The number of thiophene rings is 2. The van der Waals surface area contributed by atoms with E-state index in [2.05, 4.69) is 164 Å². The molecule has 0 radical (unpaired) electrons. The van der Waals surface area contributed by atoms with Crippen molar-refractivity contribution in [2.24, 2.45) is 0 Å². The SMILES string of the molecule is c1ccc(-c2nc(-c3cccc(-c4ccc5c(c4)sc4ccc6nc(-c7ccc8c(c7)sc7ccccc78)oc6c45)c3)nc(-c3cc4ccccc4c4ccccc34)n2)cc1. The van der Waals surface area contributed by atoms with E-state index in [4.69, 9.17) is 24.4 Å². The van der Waals surface area contributed by atoms with Gasteiger partial charge in [-0.05, 0) is 81.2 Å². The summed E-state index contributed by atoms with van der Waals surface area (Å²) in [7, 11) is 0. The molecule has 284 valence electrons. The molecule has 7 heteroatoms. The topological polar surface area (TPSA) is 64.7 Å². The fourth-order valence-electron chi connectivity index (χ4n) is 8.83. The molecular weight excluding hydrogens is 785 g/mol. The van der Waals surface area contributed by atoms with Gasteiger partial charge in [-0.2, -0.15) is 0 Å². The van der Waals surface area contributed by atoms with Gasteiger partial charge < -0.3 is 4.42 Å². The Morgan fingerprint density at radius 3 is 1.87 bits per heavy atom. The largest absolute Gasteiger partial charge is 0.435 e. The first-order chi connectivity index (χ1) is 30.2. The number of oxazole rings is 1. The van der Waals surface area contributed by atoms with Crippen LogP contribution in [-0.2, 0) is 0 Å². The average molecular weight is 815 g/mol. The maximum Gasteiger partial charge on any atom is 0.227 e. The molecule has 0 N–H and O–H groups in total. The zero-order chi connectivity index (χ0) is 40.0. The summed E-state index contributed by atoms with van der Waals surface area (Å²) in [6.45, 7) is 0. The van der Waals surface area contributed by atoms with Gasteiger partial charge in [-0.15, -0.1) is 22.7 Å².